The van der Waals surface area contributed by atoms with E-state index < -0.39 is 0 Å². The molecule has 2 rings (SSSR count). The predicted molar refractivity (Wildman–Crippen MR) is 40.2 cm³/mol. The fourth-order valence-electron chi connectivity index (χ4n) is 1.12. The summed E-state index contributed by atoms with van der Waals surface area (Å²) in [6, 6.07) is 7.27. The van der Waals surface area contributed by atoms with Crippen LogP contribution in [0.5, 0.6) is 5.75 Å². The first kappa shape index (κ1) is 6.64. The van der Waals surface area contributed by atoms with Crippen LogP contribution in [0.2, 0.25) is 0 Å². The van der Waals surface area contributed by atoms with E-state index in [0.717, 1.165) is 0 Å². The Kier molecular flexibility index (Phi) is 1.52. The van der Waals surface area contributed by atoms with Gasteiger partial charge in [-0.15, -0.1) is 0 Å². The Labute approximate surface area is 64.8 Å². The third kappa shape index (κ3) is 1.08. The summed E-state index contributed by atoms with van der Waals surface area (Å²) in [7, 11) is 0. The molecule has 0 aromatic heterocycles. The van der Waals surface area contributed by atoms with Crippen LogP contribution in [-0.2, 0) is 0 Å². The maximum Gasteiger partial charge on any atom is 0.190 e. The molecule has 1 N–H and O–H groups in total. The molecule has 1 atom stereocenters. The summed E-state index contributed by atoms with van der Waals surface area (Å²) in [5, 5.41) is 11.3. The van der Waals surface area contributed by atoms with Crippen molar-refractivity contribution in [2.24, 2.45) is 0 Å². The highest BCUT2D eigenvalue weighted by molar-refractivity contribution is 5.46. The van der Waals surface area contributed by atoms with Crippen LogP contribution in [0.3, 0.4) is 0 Å². The highest BCUT2D eigenvalue weighted by atomic mass is 16.5. The summed E-state index contributed by atoms with van der Waals surface area (Å²) in [5.41, 5.74) is 0.690. The number of hydrogen-bond acceptors (Lipinski definition) is 2. The van der Waals surface area contributed by atoms with Gasteiger partial charge in [-0.2, -0.15) is 0 Å². The van der Waals surface area contributed by atoms with Gasteiger partial charge < -0.3 is 15.0 Å². The van der Waals surface area contributed by atoms with Gasteiger partial charge in [-0.25, -0.2) is 0 Å². The number of hydroxylamine groups is 1. The first-order valence-electron chi connectivity index (χ1n) is 3.48. The van der Waals surface area contributed by atoms with E-state index in [4.69, 9.17) is 4.74 Å². The molecule has 3 nitrogen and oxygen atoms in total. The Morgan fingerprint density at radius 1 is 1.36 bits per heavy atom. The Bertz CT molecular complexity index is 262. The molecule has 1 aromatic rings. The molecular formula is C8H8NO2. The molecule has 1 aliphatic rings. The Morgan fingerprint density at radius 3 is 3.00 bits per heavy atom. The zero-order valence-electron chi connectivity index (χ0n) is 5.91. The topological polar surface area (TPSA) is 36.7 Å². The first-order chi connectivity index (χ1) is 5.38. The van der Waals surface area contributed by atoms with Crippen LogP contribution in [-0.4, -0.2) is 6.54 Å². The van der Waals surface area contributed by atoms with E-state index in [-0.39, 0.29) is 5.06 Å². The molecule has 1 unspecified atom stereocenters. The zero-order chi connectivity index (χ0) is 7.68. The van der Waals surface area contributed by atoms with Crippen molar-refractivity contribution in [3.8, 4) is 5.75 Å². The number of rotatable bonds is 0. The van der Waals surface area contributed by atoms with Crippen molar-refractivity contribution >= 4 is 5.69 Å². The Morgan fingerprint density at radius 2 is 2.18 bits per heavy atom. The van der Waals surface area contributed by atoms with E-state index in [1.165, 1.54) is 6.61 Å². The largest absolute Gasteiger partial charge is 0.629 e. The molecule has 0 bridgehead atoms. The summed E-state index contributed by atoms with van der Waals surface area (Å²) in [5.74, 6) is 0.670. The van der Waals surface area contributed by atoms with Gasteiger partial charge in [0, 0.05) is 6.07 Å². The van der Waals surface area contributed by atoms with Crippen molar-refractivity contribution in [1.82, 2.24) is 0 Å². The number of benzene rings is 1. The molecule has 3 heteroatoms. The van der Waals surface area contributed by atoms with Gasteiger partial charge in [-0.05, 0) is 6.07 Å². The molecule has 0 amide bonds. The van der Waals surface area contributed by atoms with Gasteiger partial charge in [0.25, 0.3) is 0 Å². The van der Waals surface area contributed by atoms with Gasteiger partial charge in [0.2, 0.25) is 0 Å². The smallest absolute Gasteiger partial charge is 0.190 e. The van der Waals surface area contributed by atoms with Crippen molar-refractivity contribution in [3.63, 3.8) is 0 Å². The lowest BCUT2D eigenvalue weighted by Gasteiger charge is -2.27. The quantitative estimate of drug-likeness (QED) is 0.538. The molecular weight excluding hydrogens is 142 g/mol. The van der Waals surface area contributed by atoms with E-state index in [1.54, 1.807) is 12.1 Å². The summed E-state index contributed by atoms with van der Waals surface area (Å²) < 4.78 is 5.15. The second-order valence-electron chi connectivity index (χ2n) is 2.41. The van der Waals surface area contributed by atoms with Gasteiger partial charge in [0.1, 0.15) is 6.54 Å². The summed E-state index contributed by atoms with van der Waals surface area (Å²) in [4.78, 5) is 0. The Balaban J connectivity index is 2.44. The fourth-order valence-corrected chi connectivity index (χ4v) is 1.12. The second-order valence-corrected chi connectivity index (χ2v) is 2.41. The van der Waals surface area contributed by atoms with Gasteiger partial charge in [0.15, 0.2) is 18.0 Å². The van der Waals surface area contributed by atoms with Crippen molar-refractivity contribution < 1.29 is 9.80 Å². The minimum atomic E-state index is 0.131. The molecule has 0 saturated carbocycles. The van der Waals surface area contributed by atoms with Gasteiger partial charge >= 0.3 is 0 Å². The van der Waals surface area contributed by atoms with Crippen LogP contribution in [0.4, 0.5) is 5.69 Å². The first-order valence-corrected chi connectivity index (χ1v) is 3.48. The van der Waals surface area contributed by atoms with E-state index in [0.29, 0.717) is 18.0 Å². The van der Waals surface area contributed by atoms with Gasteiger partial charge in [0.05, 0.1) is 0 Å². The number of nitrogens with one attached hydrogen (secondary N) is 1. The molecule has 0 saturated heterocycles. The van der Waals surface area contributed by atoms with Crippen LogP contribution >= 0.6 is 0 Å². The lowest BCUT2D eigenvalue weighted by Crippen LogP contribution is -3.03. The number of para-hydroxylation sites is 2. The molecule has 0 aliphatic carbocycles. The summed E-state index contributed by atoms with van der Waals surface area (Å²) in [6.07, 6.45) is 0. The zero-order valence-corrected chi connectivity index (χ0v) is 5.91. The third-order valence-electron chi connectivity index (χ3n) is 1.67. The average Bonchev–Trinajstić information content (AvgIpc) is 2.06. The number of hydrogen-bond donors (Lipinski definition) is 1. The molecule has 1 aromatic carbocycles. The van der Waals surface area contributed by atoms with E-state index in [2.05, 4.69) is 0 Å². The molecule has 1 radical (unpaired) electrons. The van der Waals surface area contributed by atoms with Gasteiger partial charge in [-0.3, -0.25) is 0 Å². The number of ether oxygens (including phenoxy) is 1. The van der Waals surface area contributed by atoms with Crippen molar-refractivity contribution in [1.29, 1.82) is 0 Å². The highest BCUT2D eigenvalue weighted by Gasteiger charge is 2.15. The van der Waals surface area contributed by atoms with Crippen LogP contribution in [0.25, 0.3) is 0 Å². The van der Waals surface area contributed by atoms with Crippen molar-refractivity contribution in [3.05, 3.63) is 36.1 Å². The molecule has 57 valence electrons. The lowest BCUT2D eigenvalue weighted by molar-refractivity contribution is -0.776. The van der Waals surface area contributed by atoms with Crippen LogP contribution in [0.15, 0.2) is 24.3 Å². The minimum absolute atomic E-state index is 0.131. The highest BCUT2D eigenvalue weighted by Crippen LogP contribution is 2.22. The standard InChI is InChI=1S/C8H8NO2/c10-9-5-6-11-8-4-2-1-3-7(8)9/h1-4,6,9H,5H2. The number of fused-ring (bicyclic) bond motifs is 1. The van der Waals surface area contributed by atoms with Crippen LogP contribution < -0.4 is 9.80 Å². The second kappa shape index (κ2) is 2.53. The summed E-state index contributed by atoms with van der Waals surface area (Å²) in [6.45, 7) is 1.92. The molecule has 1 aliphatic heterocycles. The predicted octanol–water partition coefficient (Wildman–Crippen LogP) is 0.255. The fraction of sp³-hybridized carbons (Fsp3) is 0.125. The van der Waals surface area contributed by atoms with Crippen LogP contribution in [0.1, 0.15) is 0 Å². The summed E-state index contributed by atoms with van der Waals surface area (Å²) >= 11 is 0. The van der Waals surface area contributed by atoms with Gasteiger partial charge in [-0.1, -0.05) is 12.1 Å². The Hall–Kier alpha value is -1.06. The monoisotopic (exact) mass is 150 g/mol. The van der Waals surface area contributed by atoms with E-state index in [1.807, 2.05) is 12.1 Å². The molecule has 1 heterocycles. The van der Waals surface area contributed by atoms with Crippen molar-refractivity contribution in [2.45, 2.75) is 0 Å². The lowest BCUT2D eigenvalue weighted by atomic mass is 10.2. The van der Waals surface area contributed by atoms with Crippen molar-refractivity contribution in [2.75, 3.05) is 6.54 Å². The van der Waals surface area contributed by atoms with E-state index >= 15 is 0 Å². The van der Waals surface area contributed by atoms with Crippen LogP contribution in [0, 0.1) is 11.8 Å². The average molecular weight is 150 g/mol. The molecule has 0 fully saturated rings. The number of quaternary nitrogens is 1. The molecule has 0 spiro atoms. The SMILES string of the molecule is [O-][NH+]1C[CH]Oc2ccccc21. The maximum atomic E-state index is 11.2. The normalized spacial score (nSPS) is 22.1. The maximum absolute atomic E-state index is 11.2. The third-order valence-corrected chi connectivity index (χ3v) is 1.67. The van der Waals surface area contributed by atoms with E-state index in [9.17, 15) is 5.21 Å². The minimum Gasteiger partial charge on any atom is -0.629 e. The molecule has 11 heavy (non-hydrogen) atoms.